The highest BCUT2D eigenvalue weighted by Gasteiger charge is 2.26. The minimum absolute atomic E-state index is 0.0285. The van der Waals surface area contributed by atoms with Crippen LogP contribution in [0.4, 0.5) is 4.39 Å². The van der Waals surface area contributed by atoms with Gasteiger partial charge >= 0.3 is 0 Å². The van der Waals surface area contributed by atoms with Crippen molar-refractivity contribution in [3.05, 3.63) is 77.4 Å². The number of rotatable bonds is 7. The van der Waals surface area contributed by atoms with Gasteiger partial charge in [0.1, 0.15) is 5.82 Å². The van der Waals surface area contributed by atoms with Crippen LogP contribution in [-0.2, 0) is 11.2 Å². The molecule has 4 rings (SSSR count). The molecule has 29 heavy (non-hydrogen) atoms. The molecule has 0 saturated carbocycles. The summed E-state index contributed by atoms with van der Waals surface area (Å²) in [7, 11) is 0. The Hall–Kier alpha value is -2.50. The molecule has 152 valence electrons. The van der Waals surface area contributed by atoms with E-state index in [4.69, 9.17) is 4.74 Å². The van der Waals surface area contributed by atoms with E-state index in [0.29, 0.717) is 18.8 Å². The van der Waals surface area contributed by atoms with E-state index in [0.717, 1.165) is 36.2 Å². The number of aromatic amines is 1. The van der Waals surface area contributed by atoms with Gasteiger partial charge in [0, 0.05) is 30.4 Å². The van der Waals surface area contributed by atoms with Crippen LogP contribution in [-0.4, -0.2) is 41.4 Å². The van der Waals surface area contributed by atoms with Crippen LogP contribution in [0.15, 0.2) is 54.9 Å². The number of H-pyrrole nitrogens is 1. The maximum atomic E-state index is 14.8. The Morgan fingerprint density at radius 3 is 2.59 bits per heavy atom. The number of hydrogen-bond donors (Lipinski definition) is 1. The number of nitrogens with zero attached hydrogens (tertiary/aromatic N) is 2. The fraction of sp³-hybridized carbons (Fsp3) is 0.375. The summed E-state index contributed by atoms with van der Waals surface area (Å²) in [6.07, 6.45) is 7.20. The van der Waals surface area contributed by atoms with E-state index >= 15 is 0 Å². The first-order valence-corrected chi connectivity index (χ1v) is 10.5. The zero-order valence-electron chi connectivity index (χ0n) is 16.9. The number of aromatic nitrogens is 2. The Kier molecular flexibility index (Phi) is 6.37. The zero-order valence-corrected chi connectivity index (χ0v) is 16.9. The molecule has 4 nitrogen and oxygen atoms in total. The van der Waals surface area contributed by atoms with Crippen LogP contribution in [0.3, 0.4) is 0 Å². The predicted octanol–water partition coefficient (Wildman–Crippen LogP) is 4.98. The molecule has 1 aliphatic rings. The molecule has 2 aromatic carbocycles. The molecule has 2 heterocycles. The van der Waals surface area contributed by atoms with Gasteiger partial charge in [-0.25, -0.2) is 4.39 Å². The summed E-state index contributed by atoms with van der Waals surface area (Å²) in [6.45, 7) is 5.30. The average Bonchev–Trinajstić information content (AvgIpc) is 3.29. The highest BCUT2D eigenvalue weighted by Crippen LogP contribution is 2.33. The minimum Gasteiger partial charge on any atom is -0.379 e. The van der Waals surface area contributed by atoms with Crippen molar-refractivity contribution in [3.63, 3.8) is 0 Å². The highest BCUT2D eigenvalue weighted by molar-refractivity contribution is 5.65. The van der Waals surface area contributed by atoms with E-state index in [2.05, 4.69) is 34.2 Å². The van der Waals surface area contributed by atoms with Crippen molar-refractivity contribution in [2.24, 2.45) is 0 Å². The Bertz CT molecular complexity index is 902. The van der Waals surface area contributed by atoms with Gasteiger partial charge in [0.25, 0.3) is 0 Å². The SMILES string of the molecule is CCCCc1ccc(-c2cc(C(c3cn[nH]c3)N3CCOCC3)ccc2F)cc1. The lowest BCUT2D eigenvalue weighted by Gasteiger charge is -2.34. The third-order valence-electron chi connectivity index (χ3n) is 5.64. The molecule has 0 spiro atoms. The minimum atomic E-state index is -0.192. The van der Waals surface area contributed by atoms with Gasteiger partial charge in [0.2, 0.25) is 0 Å². The van der Waals surface area contributed by atoms with Crippen molar-refractivity contribution in [1.29, 1.82) is 0 Å². The maximum absolute atomic E-state index is 14.8. The van der Waals surface area contributed by atoms with Gasteiger partial charge < -0.3 is 4.74 Å². The lowest BCUT2D eigenvalue weighted by molar-refractivity contribution is 0.0239. The van der Waals surface area contributed by atoms with Crippen LogP contribution >= 0.6 is 0 Å². The summed E-state index contributed by atoms with van der Waals surface area (Å²) >= 11 is 0. The summed E-state index contributed by atoms with van der Waals surface area (Å²) in [6, 6.07) is 13.8. The lowest BCUT2D eigenvalue weighted by Crippen LogP contribution is -2.39. The number of morpholine rings is 1. The lowest BCUT2D eigenvalue weighted by atomic mass is 9.94. The van der Waals surface area contributed by atoms with Crippen LogP contribution in [0, 0.1) is 5.82 Å². The summed E-state index contributed by atoms with van der Waals surface area (Å²) in [5, 5.41) is 7.06. The summed E-state index contributed by atoms with van der Waals surface area (Å²) in [4.78, 5) is 2.37. The number of aryl methyl sites for hydroxylation is 1. The first-order chi connectivity index (χ1) is 14.3. The van der Waals surface area contributed by atoms with Crippen LogP contribution < -0.4 is 0 Å². The standard InChI is InChI=1S/C24H28FN3O/c1-2-3-4-18-5-7-19(8-6-18)22-15-20(9-10-23(22)25)24(21-16-26-27-17-21)28-11-13-29-14-12-28/h5-10,15-17,24H,2-4,11-14H2,1H3,(H,26,27). The zero-order chi connectivity index (χ0) is 20.1. The number of benzene rings is 2. The number of nitrogens with one attached hydrogen (secondary N) is 1. The van der Waals surface area contributed by atoms with Crippen molar-refractivity contribution in [3.8, 4) is 11.1 Å². The second-order valence-corrected chi connectivity index (χ2v) is 7.62. The number of hydrogen-bond acceptors (Lipinski definition) is 3. The van der Waals surface area contributed by atoms with Gasteiger partial charge in [-0.05, 0) is 41.7 Å². The largest absolute Gasteiger partial charge is 0.379 e. The summed E-state index contributed by atoms with van der Waals surface area (Å²) < 4.78 is 20.3. The molecule has 5 heteroatoms. The molecular formula is C24H28FN3O. The van der Waals surface area contributed by atoms with Crippen molar-refractivity contribution in [2.75, 3.05) is 26.3 Å². The Balaban J connectivity index is 1.67. The van der Waals surface area contributed by atoms with E-state index in [1.807, 2.05) is 36.7 Å². The quantitative estimate of drug-likeness (QED) is 0.615. The predicted molar refractivity (Wildman–Crippen MR) is 113 cm³/mol. The third kappa shape index (κ3) is 4.57. The third-order valence-corrected chi connectivity index (χ3v) is 5.64. The molecule has 0 aliphatic carbocycles. The second-order valence-electron chi connectivity index (χ2n) is 7.62. The monoisotopic (exact) mass is 393 g/mol. The van der Waals surface area contributed by atoms with Gasteiger partial charge in [-0.15, -0.1) is 0 Å². The second kappa shape index (κ2) is 9.33. The van der Waals surface area contributed by atoms with E-state index in [1.54, 1.807) is 6.07 Å². The average molecular weight is 394 g/mol. The fourth-order valence-electron chi connectivity index (χ4n) is 4.03. The van der Waals surface area contributed by atoms with Gasteiger partial charge in [0.15, 0.2) is 0 Å². The summed E-state index contributed by atoms with van der Waals surface area (Å²) in [5.41, 5.74) is 5.01. The molecule has 1 aliphatic heterocycles. The molecule has 1 unspecified atom stereocenters. The van der Waals surface area contributed by atoms with Crippen LogP contribution in [0.5, 0.6) is 0 Å². The smallest absolute Gasteiger partial charge is 0.131 e. The molecular weight excluding hydrogens is 365 g/mol. The number of ether oxygens (including phenoxy) is 1. The number of halogens is 1. The van der Waals surface area contributed by atoms with E-state index in [9.17, 15) is 4.39 Å². The normalized spacial score (nSPS) is 16.1. The topological polar surface area (TPSA) is 41.2 Å². The Morgan fingerprint density at radius 1 is 1.10 bits per heavy atom. The maximum Gasteiger partial charge on any atom is 0.131 e. The first-order valence-electron chi connectivity index (χ1n) is 10.5. The van der Waals surface area contributed by atoms with Gasteiger partial charge in [0.05, 0.1) is 25.5 Å². The van der Waals surface area contributed by atoms with Crippen molar-refractivity contribution in [1.82, 2.24) is 15.1 Å². The molecule has 1 fully saturated rings. The van der Waals surface area contributed by atoms with Crippen molar-refractivity contribution < 1.29 is 9.13 Å². The molecule has 3 aromatic rings. The van der Waals surface area contributed by atoms with Crippen molar-refractivity contribution >= 4 is 0 Å². The summed E-state index contributed by atoms with van der Waals surface area (Å²) in [5.74, 6) is -0.192. The van der Waals surface area contributed by atoms with Gasteiger partial charge in [-0.1, -0.05) is 43.7 Å². The van der Waals surface area contributed by atoms with E-state index in [-0.39, 0.29) is 11.9 Å². The molecule has 1 atom stereocenters. The van der Waals surface area contributed by atoms with Gasteiger partial charge in [-0.3, -0.25) is 10.00 Å². The first kappa shape index (κ1) is 19.8. The van der Waals surface area contributed by atoms with Crippen LogP contribution in [0.2, 0.25) is 0 Å². The Labute approximate surface area is 171 Å². The fourth-order valence-corrected chi connectivity index (χ4v) is 4.03. The molecule has 0 bridgehead atoms. The number of unbranched alkanes of at least 4 members (excludes halogenated alkanes) is 1. The molecule has 1 N–H and O–H groups in total. The Morgan fingerprint density at radius 2 is 1.90 bits per heavy atom. The van der Waals surface area contributed by atoms with Crippen LogP contribution in [0.25, 0.3) is 11.1 Å². The van der Waals surface area contributed by atoms with Gasteiger partial charge in [-0.2, -0.15) is 5.10 Å². The molecule has 1 saturated heterocycles. The van der Waals surface area contributed by atoms with E-state index in [1.165, 1.54) is 18.4 Å². The molecule has 0 radical (unpaired) electrons. The van der Waals surface area contributed by atoms with Crippen molar-refractivity contribution in [2.45, 2.75) is 32.2 Å². The van der Waals surface area contributed by atoms with E-state index < -0.39 is 0 Å². The molecule has 1 aromatic heterocycles. The molecule has 0 amide bonds. The highest BCUT2D eigenvalue weighted by atomic mass is 19.1. The van der Waals surface area contributed by atoms with Crippen LogP contribution in [0.1, 0.15) is 42.5 Å².